The first-order chi connectivity index (χ1) is 17.7. The van der Waals surface area contributed by atoms with Crippen molar-refractivity contribution in [1.82, 2.24) is 0 Å². The van der Waals surface area contributed by atoms with Crippen LogP contribution in [0.5, 0.6) is 11.5 Å². The summed E-state index contributed by atoms with van der Waals surface area (Å²) in [6, 6.07) is 17.8. The number of phenols is 1. The molecule has 0 atom stereocenters. The molecule has 3 N–H and O–H groups in total. The van der Waals surface area contributed by atoms with Gasteiger partial charge in [-0.1, -0.05) is 61.0 Å². The van der Waals surface area contributed by atoms with Crippen LogP contribution in [0.4, 0.5) is 17.1 Å². The number of benzene rings is 4. The monoisotopic (exact) mass is 539 g/mol. The Hall–Kier alpha value is -3.99. The SMILES string of the molecule is CCc1ccc(S(=O)(=O)O)c(N=Nc2c(O)c(C(=O)Nc3ccccc3OC)cc3ccccc23)c1Cl. The van der Waals surface area contributed by atoms with Crippen molar-refractivity contribution in [1.29, 1.82) is 0 Å². The fourth-order valence-electron chi connectivity index (χ4n) is 3.79. The molecule has 190 valence electrons. The number of aryl methyl sites for hydroxylation is 1. The number of rotatable bonds is 7. The minimum absolute atomic E-state index is 0.00441. The van der Waals surface area contributed by atoms with Gasteiger partial charge in [0.05, 0.1) is 23.4 Å². The molecule has 37 heavy (non-hydrogen) atoms. The summed E-state index contributed by atoms with van der Waals surface area (Å²) in [7, 11) is -3.21. The highest BCUT2D eigenvalue weighted by atomic mass is 35.5. The van der Waals surface area contributed by atoms with E-state index in [-0.39, 0.29) is 22.0 Å². The molecule has 4 aromatic rings. The number of phenolic OH excluding ortho intramolecular Hbond substituents is 1. The number of ether oxygens (including phenoxy) is 1. The van der Waals surface area contributed by atoms with Gasteiger partial charge in [0.2, 0.25) is 0 Å². The number of carbonyl (C=O) groups excluding carboxylic acids is 1. The van der Waals surface area contributed by atoms with Crippen molar-refractivity contribution in [2.75, 3.05) is 12.4 Å². The van der Waals surface area contributed by atoms with Crippen LogP contribution < -0.4 is 10.1 Å². The maximum absolute atomic E-state index is 13.2. The van der Waals surface area contributed by atoms with E-state index in [9.17, 15) is 22.9 Å². The lowest BCUT2D eigenvalue weighted by molar-refractivity contribution is 0.102. The van der Waals surface area contributed by atoms with Gasteiger partial charge in [0.1, 0.15) is 22.0 Å². The van der Waals surface area contributed by atoms with Gasteiger partial charge in [-0.3, -0.25) is 9.35 Å². The van der Waals surface area contributed by atoms with E-state index in [2.05, 4.69) is 15.5 Å². The Kier molecular flexibility index (Phi) is 7.44. The topological polar surface area (TPSA) is 138 Å². The molecule has 0 saturated carbocycles. The molecule has 0 bridgehead atoms. The molecule has 0 heterocycles. The Morgan fingerprint density at radius 2 is 1.70 bits per heavy atom. The first-order valence-corrected chi connectivity index (χ1v) is 12.9. The molecule has 0 unspecified atom stereocenters. The molecule has 4 aromatic carbocycles. The van der Waals surface area contributed by atoms with Crippen LogP contribution in [0.2, 0.25) is 5.02 Å². The Morgan fingerprint density at radius 1 is 1.03 bits per heavy atom. The highest BCUT2D eigenvalue weighted by molar-refractivity contribution is 7.86. The van der Waals surface area contributed by atoms with Crippen LogP contribution in [0, 0.1) is 0 Å². The summed E-state index contributed by atoms with van der Waals surface area (Å²) in [4.78, 5) is 12.6. The molecule has 4 rings (SSSR count). The van der Waals surface area contributed by atoms with Crippen LogP contribution >= 0.6 is 11.6 Å². The summed E-state index contributed by atoms with van der Waals surface area (Å²) >= 11 is 6.38. The average molecular weight is 540 g/mol. The Bertz CT molecular complexity index is 1650. The first kappa shape index (κ1) is 26.1. The van der Waals surface area contributed by atoms with Crippen molar-refractivity contribution in [3.63, 3.8) is 0 Å². The van der Waals surface area contributed by atoms with E-state index < -0.39 is 26.7 Å². The lowest BCUT2D eigenvalue weighted by Gasteiger charge is -2.13. The molecular weight excluding hydrogens is 518 g/mol. The number of aromatic hydroxyl groups is 1. The lowest BCUT2D eigenvalue weighted by atomic mass is 10.0. The minimum atomic E-state index is -4.68. The molecule has 0 radical (unpaired) electrons. The third-order valence-electron chi connectivity index (χ3n) is 5.66. The van der Waals surface area contributed by atoms with E-state index in [1.165, 1.54) is 25.3 Å². The second-order valence-electron chi connectivity index (χ2n) is 7.91. The van der Waals surface area contributed by atoms with Crippen LogP contribution in [0.1, 0.15) is 22.8 Å². The van der Waals surface area contributed by atoms with Crippen molar-refractivity contribution < 1.29 is 27.6 Å². The molecule has 0 fully saturated rings. The van der Waals surface area contributed by atoms with Crippen LogP contribution in [0.3, 0.4) is 0 Å². The molecule has 0 spiro atoms. The van der Waals surface area contributed by atoms with Gasteiger partial charge < -0.3 is 15.2 Å². The molecule has 0 aliphatic carbocycles. The van der Waals surface area contributed by atoms with Gasteiger partial charge in [-0.05, 0) is 41.6 Å². The maximum Gasteiger partial charge on any atom is 0.296 e. The number of hydrogen-bond donors (Lipinski definition) is 3. The number of halogens is 1. The third-order valence-corrected chi connectivity index (χ3v) is 6.97. The number of carbonyl (C=O) groups is 1. The first-order valence-electron chi connectivity index (χ1n) is 11.0. The zero-order valence-electron chi connectivity index (χ0n) is 19.8. The second kappa shape index (κ2) is 10.6. The lowest BCUT2D eigenvalue weighted by Crippen LogP contribution is -2.13. The number of para-hydroxylation sites is 2. The molecular formula is C26H22ClN3O6S. The van der Waals surface area contributed by atoms with Crippen LogP contribution in [0.15, 0.2) is 81.9 Å². The van der Waals surface area contributed by atoms with Gasteiger partial charge in [0.25, 0.3) is 16.0 Å². The summed E-state index contributed by atoms with van der Waals surface area (Å²) in [6.45, 7) is 1.82. The highest BCUT2D eigenvalue weighted by Crippen LogP contribution is 2.42. The maximum atomic E-state index is 13.2. The molecule has 11 heteroatoms. The van der Waals surface area contributed by atoms with Crippen molar-refractivity contribution in [3.8, 4) is 11.5 Å². The zero-order valence-corrected chi connectivity index (χ0v) is 21.3. The smallest absolute Gasteiger partial charge is 0.296 e. The quantitative estimate of drug-likeness (QED) is 0.177. The molecule has 1 amide bonds. The van der Waals surface area contributed by atoms with Gasteiger partial charge in [0.15, 0.2) is 5.75 Å². The predicted molar refractivity (Wildman–Crippen MR) is 141 cm³/mol. The number of hydrogen-bond acceptors (Lipinski definition) is 7. The number of methoxy groups -OCH3 is 1. The van der Waals surface area contributed by atoms with E-state index >= 15 is 0 Å². The van der Waals surface area contributed by atoms with Gasteiger partial charge in [-0.2, -0.15) is 8.42 Å². The van der Waals surface area contributed by atoms with Gasteiger partial charge in [-0.25, -0.2) is 0 Å². The second-order valence-corrected chi connectivity index (χ2v) is 9.68. The number of amides is 1. The zero-order chi connectivity index (χ0) is 26.7. The standard InChI is InChI=1S/C26H22ClN3O6S/c1-3-15-12-13-21(37(33,34)35)24(22(15)27)30-29-23-17-9-5-4-8-16(17)14-18(25(23)31)26(32)28-19-10-6-7-11-20(19)36-2/h4-14,31H,3H2,1-2H3,(H,28,32)(H,33,34,35). The largest absolute Gasteiger partial charge is 0.505 e. The van der Waals surface area contributed by atoms with Crippen molar-refractivity contribution in [2.24, 2.45) is 10.2 Å². The van der Waals surface area contributed by atoms with E-state index in [0.29, 0.717) is 34.2 Å². The van der Waals surface area contributed by atoms with Gasteiger partial charge in [-0.15, -0.1) is 10.2 Å². The van der Waals surface area contributed by atoms with Crippen molar-refractivity contribution in [3.05, 3.63) is 82.9 Å². The molecule has 0 aliphatic rings. The fourth-order valence-corrected chi connectivity index (χ4v) is 4.81. The number of nitrogens with zero attached hydrogens (tertiary/aromatic N) is 2. The normalized spacial score (nSPS) is 11.7. The Morgan fingerprint density at radius 3 is 2.41 bits per heavy atom. The Balaban J connectivity index is 1.87. The fraction of sp³-hybridized carbons (Fsp3) is 0.115. The summed E-state index contributed by atoms with van der Waals surface area (Å²) in [5.74, 6) is -0.681. The van der Waals surface area contributed by atoms with Crippen LogP contribution in [0.25, 0.3) is 10.8 Å². The van der Waals surface area contributed by atoms with Crippen molar-refractivity contribution >= 4 is 55.5 Å². The summed E-state index contributed by atoms with van der Waals surface area (Å²) in [5.41, 5.74) is 0.522. The van der Waals surface area contributed by atoms with E-state index in [1.807, 2.05) is 6.92 Å². The van der Waals surface area contributed by atoms with E-state index in [0.717, 1.165) is 0 Å². The predicted octanol–water partition coefficient (Wildman–Crippen LogP) is 6.68. The molecule has 0 aliphatic heterocycles. The molecule has 0 saturated heterocycles. The number of azo groups is 1. The average Bonchev–Trinajstić information content (AvgIpc) is 2.88. The van der Waals surface area contributed by atoms with Gasteiger partial charge >= 0.3 is 0 Å². The number of fused-ring (bicyclic) bond motifs is 1. The summed E-state index contributed by atoms with van der Waals surface area (Å²) < 4.78 is 38.8. The summed E-state index contributed by atoms with van der Waals surface area (Å²) in [5, 5.41) is 22.9. The highest BCUT2D eigenvalue weighted by Gasteiger charge is 2.22. The van der Waals surface area contributed by atoms with Gasteiger partial charge in [0, 0.05) is 5.39 Å². The van der Waals surface area contributed by atoms with Crippen molar-refractivity contribution in [2.45, 2.75) is 18.2 Å². The number of anilines is 1. The molecule has 0 aromatic heterocycles. The van der Waals surface area contributed by atoms with Crippen LogP contribution in [-0.4, -0.2) is 31.1 Å². The third kappa shape index (κ3) is 5.26. The summed E-state index contributed by atoms with van der Waals surface area (Å²) in [6.07, 6.45) is 0.472. The Labute approximate surface area is 218 Å². The van der Waals surface area contributed by atoms with E-state index in [1.54, 1.807) is 48.5 Å². The van der Waals surface area contributed by atoms with Crippen LogP contribution in [-0.2, 0) is 16.5 Å². The molecule has 9 nitrogen and oxygen atoms in total. The minimum Gasteiger partial charge on any atom is -0.505 e. The number of nitrogens with one attached hydrogen (secondary N) is 1. The van der Waals surface area contributed by atoms with E-state index in [4.69, 9.17) is 16.3 Å².